The first kappa shape index (κ1) is 18.5. The fourth-order valence-electron chi connectivity index (χ4n) is 3.49. The van der Waals surface area contributed by atoms with Gasteiger partial charge in [0.05, 0.1) is 22.9 Å². The number of rotatable bonds is 4. The van der Waals surface area contributed by atoms with Crippen molar-refractivity contribution in [1.82, 2.24) is 9.78 Å². The van der Waals surface area contributed by atoms with Crippen LogP contribution in [0.15, 0.2) is 66.1 Å². The number of aryl methyl sites for hydroxylation is 1. The number of alkyl halides is 2. The molecule has 1 unspecified atom stereocenters. The van der Waals surface area contributed by atoms with Gasteiger partial charge in [0.15, 0.2) is 0 Å². The van der Waals surface area contributed by atoms with E-state index in [1.54, 1.807) is 29.8 Å². The van der Waals surface area contributed by atoms with Gasteiger partial charge in [0.1, 0.15) is 17.4 Å². The van der Waals surface area contributed by atoms with Crippen molar-refractivity contribution in [2.45, 2.75) is 19.5 Å². The van der Waals surface area contributed by atoms with Crippen LogP contribution in [0.3, 0.4) is 0 Å². The molecule has 29 heavy (non-hydrogen) atoms. The molecular weight excluding hydrogens is 378 g/mol. The number of allylic oxidation sites excluding steroid dienone is 1. The van der Waals surface area contributed by atoms with Crippen LogP contribution in [0.4, 0.5) is 8.78 Å². The summed E-state index contributed by atoms with van der Waals surface area (Å²) in [4.78, 5) is 0. The van der Waals surface area contributed by atoms with E-state index >= 15 is 0 Å². The Morgan fingerprint density at radius 2 is 1.86 bits per heavy atom. The zero-order chi connectivity index (χ0) is 20.5. The Morgan fingerprint density at radius 1 is 1.17 bits per heavy atom. The van der Waals surface area contributed by atoms with E-state index in [0.717, 1.165) is 5.69 Å². The minimum Gasteiger partial charge on any atom is -0.435 e. The zero-order valence-electron chi connectivity index (χ0n) is 15.3. The van der Waals surface area contributed by atoms with Gasteiger partial charge in [-0.1, -0.05) is 36.4 Å². The van der Waals surface area contributed by atoms with E-state index in [1.165, 1.54) is 6.07 Å². The number of hydrogen-bond donors (Lipinski definition) is 1. The highest BCUT2D eigenvalue weighted by Crippen LogP contribution is 2.47. The second kappa shape index (κ2) is 7.28. The highest BCUT2D eigenvalue weighted by atomic mass is 19.3. The molecule has 8 heteroatoms. The third-order valence-electron chi connectivity index (χ3n) is 4.68. The molecule has 6 nitrogen and oxygen atoms in total. The number of hydrogen-bond acceptors (Lipinski definition) is 5. The van der Waals surface area contributed by atoms with E-state index in [4.69, 9.17) is 15.2 Å². The molecule has 2 N–H and O–H groups in total. The molecule has 0 saturated carbocycles. The number of nitrogens with zero attached hydrogens (tertiary/aromatic N) is 3. The molecule has 1 atom stereocenters. The van der Waals surface area contributed by atoms with Gasteiger partial charge >= 0.3 is 6.61 Å². The highest BCUT2D eigenvalue weighted by molar-refractivity contribution is 5.59. The molecule has 4 rings (SSSR count). The van der Waals surface area contributed by atoms with E-state index in [-0.39, 0.29) is 17.2 Å². The number of halogens is 2. The molecule has 0 aliphatic carbocycles. The van der Waals surface area contributed by atoms with Gasteiger partial charge in [-0.3, -0.25) is 0 Å². The molecule has 146 valence electrons. The van der Waals surface area contributed by atoms with Crippen LogP contribution >= 0.6 is 0 Å². The summed E-state index contributed by atoms with van der Waals surface area (Å²) in [7, 11) is 0. The van der Waals surface area contributed by atoms with Gasteiger partial charge in [-0.05, 0) is 25.1 Å². The number of aromatic nitrogens is 2. The van der Waals surface area contributed by atoms with Crippen LogP contribution < -0.4 is 15.2 Å². The van der Waals surface area contributed by atoms with Crippen molar-refractivity contribution in [1.29, 1.82) is 5.26 Å². The molecule has 2 heterocycles. The van der Waals surface area contributed by atoms with Crippen molar-refractivity contribution in [2.24, 2.45) is 5.73 Å². The summed E-state index contributed by atoms with van der Waals surface area (Å²) < 4.78 is 38.0. The van der Waals surface area contributed by atoms with Gasteiger partial charge in [-0.2, -0.15) is 19.1 Å². The van der Waals surface area contributed by atoms with E-state index < -0.39 is 12.5 Å². The summed E-state index contributed by atoms with van der Waals surface area (Å²) in [5.74, 6) is -0.556. The van der Waals surface area contributed by atoms with Crippen molar-refractivity contribution in [3.8, 4) is 23.4 Å². The first-order valence-electron chi connectivity index (χ1n) is 8.77. The Labute approximate surface area is 165 Å². The van der Waals surface area contributed by atoms with Crippen molar-refractivity contribution in [3.05, 3.63) is 82.9 Å². The van der Waals surface area contributed by atoms with E-state index in [0.29, 0.717) is 22.7 Å². The molecule has 0 fully saturated rings. The molecule has 0 radical (unpaired) electrons. The summed E-state index contributed by atoms with van der Waals surface area (Å²) in [5, 5.41) is 14.3. The molecule has 1 aromatic heterocycles. The molecule has 0 bridgehead atoms. The summed E-state index contributed by atoms with van der Waals surface area (Å²) in [6.45, 7) is -1.24. The Morgan fingerprint density at radius 3 is 2.55 bits per heavy atom. The Bertz CT molecular complexity index is 1130. The van der Waals surface area contributed by atoms with Crippen molar-refractivity contribution >= 4 is 0 Å². The molecule has 2 aromatic carbocycles. The third kappa shape index (κ3) is 3.17. The van der Waals surface area contributed by atoms with Crippen LogP contribution in [-0.4, -0.2) is 16.4 Å². The predicted molar refractivity (Wildman–Crippen MR) is 101 cm³/mol. The second-order valence-electron chi connectivity index (χ2n) is 6.39. The third-order valence-corrected chi connectivity index (χ3v) is 4.68. The number of ether oxygens (including phenoxy) is 2. The number of fused-ring (bicyclic) bond motifs is 1. The average Bonchev–Trinajstić information content (AvgIpc) is 3.04. The summed E-state index contributed by atoms with van der Waals surface area (Å²) in [6.07, 6.45) is 0. The fraction of sp³-hybridized carbons (Fsp3) is 0.143. The molecule has 1 aliphatic rings. The lowest BCUT2D eigenvalue weighted by Gasteiger charge is -2.26. The number of nitrogens with two attached hydrogens (primary N) is 1. The smallest absolute Gasteiger partial charge is 0.387 e. The number of para-hydroxylation sites is 2. The maximum Gasteiger partial charge on any atom is 0.387 e. The van der Waals surface area contributed by atoms with Crippen molar-refractivity contribution in [3.63, 3.8) is 0 Å². The van der Waals surface area contributed by atoms with Crippen LogP contribution in [0.2, 0.25) is 0 Å². The molecule has 0 amide bonds. The van der Waals surface area contributed by atoms with Gasteiger partial charge in [-0.15, -0.1) is 0 Å². The summed E-state index contributed by atoms with van der Waals surface area (Å²) in [5.41, 5.74) is 8.43. The SMILES string of the molecule is Cc1nn(-c2ccccc2)c2c1C(c1ccccc1OC(F)F)C(C#N)=C(N)O2. The van der Waals surface area contributed by atoms with Gasteiger partial charge in [0.2, 0.25) is 11.8 Å². The molecule has 3 aromatic rings. The predicted octanol–water partition coefficient (Wildman–Crippen LogP) is 4.00. The Hall–Kier alpha value is -3.86. The number of benzene rings is 2. The normalized spacial score (nSPS) is 15.6. The maximum atomic E-state index is 13.0. The first-order valence-corrected chi connectivity index (χ1v) is 8.77. The topological polar surface area (TPSA) is 86.1 Å². The van der Waals surface area contributed by atoms with Crippen LogP contribution in [0.25, 0.3) is 5.69 Å². The van der Waals surface area contributed by atoms with Gasteiger partial charge in [-0.25, -0.2) is 4.68 Å². The lowest BCUT2D eigenvalue weighted by molar-refractivity contribution is -0.0504. The Balaban J connectivity index is 1.95. The van der Waals surface area contributed by atoms with Crippen LogP contribution in [0.1, 0.15) is 22.7 Å². The standard InChI is InChI=1S/C21H16F2N4O2/c1-12-17-18(14-9-5-6-10-16(14)28-21(22)23)15(11-24)19(25)29-20(17)27(26-12)13-7-3-2-4-8-13/h2-10,18,21H,25H2,1H3. The van der Waals surface area contributed by atoms with Crippen LogP contribution in [0.5, 0.6) is 11.6 Å². The molecule has 0 spiro atoms. The monoisotopic (exact) mass is 394 g/mol. The summed E-state index contributed by atoms with van der Waals surface area (Å²) in [6, 6.07) is 17.6. The maximum absolute atomic E-state index is 13.0. The first-order chi connectivity index (χ1) is 14.0. The molecule has 0 saturated heterocycles. The summed E-state index contributed by atoms with van der Waals surface area (Å²) >= 11 is 0. The zero-order valence-corrected chi connectivity index (χ0v) is 15.3. The van der Waals surface area contributed by atoms with Gasteiger partial charge in [0, 0.05) is 5.56 Å². The number of nitriles is 1. The minimum absolute atomic E-state index is 0.0345. The van der Waals surface area contributed by atoms with Crippen LogP contribution in [-0.2, 0) is 0 Å². The fourth-order valence-corrected chi connectivity index (χ4v) is 3.49. The van der Waals surface area contributed by atoms with E-state index in [1.807, 2.05) is 36.4 Å². The van der Waals surface area contributed by atoms with E-state index in [9.17, 15) is 14.0 Å². The molecule has 1 aliphatic heterocycles. The lowest BCUT2D eigenvalue weighted by atomic mass is 9.83. The van der Waals surface area contributed by atoms with Crippen molar-refractivity contribution in [2.75, 3.05) is 0 Å². The van der Waals surface area contributed by atoms with E-state index in [2.05, 4.69) is 5.10 Å². The van der Waals surface area contributed by atoms with Crippen LogP contribution in [0, 0.1) is 18.3 Å². The highest BCUT2D eigenvalue weighted by Gasteiger charge is 2.37. The second-order valence-corrected chi connectivity index (χ2v) is 6.39. The van der Waals surface area contributed by atoms with Crippen molar-refractivity contribution < 1.29 is 18.3 Å². The Kier molecular flexibility index (Phi) is 4.64. The quantitative estimate of drug-likeness (QED) is 0.723. The van der Waals surface area contributed by atoms with Gasteiger partial charge < -0.3 is 15.2 Å². The average molecular weight is 394 g/mol. The molecular formula is C21H16F2N4O2. The minimum atomic E-state index is -3.00. The lowest BCUT2D eigenvalue weighted by Crippen LogP contribution is -2.22. The van der Waals surface area contributed by atoms with Gasteiger partial charge in [0.25, 0.3) is 0 Å². The largest absolute Gasteiger partial charge is 0.435 e.